The largest absolute Gasteiger partial charge is 0.497 e. The average molecular weight is 331 g/mol. The summed E-state index contributed by atoms with van der Waals surface area (Å²) in [6.45, 7) is 1.80. The molecule has 6 heteroatoms. The monoisotopic (exact) mass is 331 g/mol. The Hall–Kier alpha value is -2.24. The summed E-state index contributed by atoms with van der Waals surface area (Å²) in [7, 11) is 1.63. The van der Waals surface area contributed by atoms with Gasteiger partial charge in [-0.1, -0.05) is 12.1 Å². The van der Waals surface area contributed by atoms with Gasteiger partial charge in [0.2, 0.25) is 5.91 Å². The first-order valence-electron chi connectivity index (χ1n) is 8.62. The van der Waals surface area contributed by atoms with Crippen LogP contribution in [0.4, 0.5) is 4.79 Å². The molecule has 1 saturated carbocycles. The van der Waals surface area contributed by atoms with Gasteiger partial charge in [0.1, 0.15) is 5.75 Å². The molecule has 0 spiro atoms. The van der Waals surface area contributed by atoms with Gasteiger partial charge in [-0.2, -0.15) is 0 Å². The second kappa shape index (κ2) is 7.55. The third kappa shape index (κ3) is 4.40. The molecule has 0 aromatic heterocycles. The minimum atomic E-state index is -0.0133. The number of amides is 3. The van der Waals surface area contributed by atoms with Gasteiger partial charge < -0.3 is 20.3 Å². The van der Waals surface area contributed by atoms with E-state index in [1.165, 1.54) is 0 Å². The van der Waals surface area contributed by atoms with Gasteiger partial charge in [0.15, 0.2) is 0 Å². The van der Waals surface area contributed by atoms with Crippen LogP contribution in [-0.2, 0) is 11.3 Å². The van der Waals surface area contributed by atoms with Crippen LogP contribution in [0.15, 0.2) is 24.3 Å². The second-order valence-electron chi connectivity index (χ2n) is 6.55. The number of benzene rings is 1. The van der Waals surface area contributed by atoms with Crippen LogP contribution in [0.25, 0.3) is 0 Å². The van der Waals surface area contributed by atoms with Crippen molar-refractivity contribution in [1.29, 1.82) is 0 Å². The molecule has 3 amide bonds. The van der Waals surface area contributed by atoms with Crippen LogP contribution >= 0.6 is 0 Å². The lowest BCUT2D eigenvalue weighted by atomic mass is 9.96. The molecule has 1 aliphatic carbocycles. The Bertz CT molecular complexity index is 593. The van der Waals surface area contributed by atoms with Gasteiger partial charge in [0.05, 0.1) is 7.11 Å². The van der Waals surface area contributed by atoms with Crippen LogP contribution in [0, 0.1) is 5.92 Å². The minimum absolute atomic E-state index is 0.0133. The van der Waals surface area contributed by atoms with Crippen molar-refractivity contribution in [2.75, 3.05) is 20.2 Å². The maximum atomic E-state index is 12.3. The van der Waals surface area contributed by atoms with Crippen LogP contribution in [0.2, 0.25) is 0 Å². The van der Waals surface area contributed by atoms with E-state index in [-0.39, 0.29) is 17.9 Å². The van der Waals surface area contributed by atoms with Crippen molar-refractivity contribution in [1.82, 2.24) is 15.5 Å². The number of nitrogens with zero attached hydrogens (tertiary/aromatic N) is 1. The van der Waals surface area contributed by atoms with Crippen molar-refractivity contribution in [3.8, 4) is 5.75 Å². The van der Waals surface area contributed by atoms with E-state index in [1.807, 2.05) is 29.2 Å². The molecule has 2 fully saturated rings. The SMILES string of the molecule is COc1cccc(CNC(=O)C2CCN(C(=O)NC3CC3)CC2)c1. The lowest BCUT2D eigenvalue weighted by Gasteiger charge is -2.31. The van der Waals surface area contributed by atoms with Crippen molar-refractivity contribution in [3.05, 3.63) is 29.8 Å². The normalized spacial score (nSPS) is 18.1. The molecule has 1 heterocycles. The van der Waals surface area contributed by atoms with E-state index in [2.05, 4.69) is 10.6 Å². The molecule has 0 atom stereocenters. The van der Waals surface area contributed by atoms with Crippen molar-refractivity contribution < 1.29 is 14.3 Å². The molecule has 0 bridgehead atoms. The maximum absolute atomic E-state index is 12.3. The van der Waals surface area contributed by atoms with Crippen molar-refractivity contribution in [3.63, 3.8) is 0 Å². The van der Waals surface area contributed by atoms with Crippen LogP contribution in [-0.4, -0.2) is 43.1 Å². The highest BCUT2D eigenvalue weighted by atomic mass is 16.5. The summed E-state index contributed by atoms with van der Waals surface area (Å²) in [6.07, 6.45) is 3.63. The first-order chi connectivity index (χ1) is 11.7. The number of methoxy groups -OCH3 is 1. The molecule has 0 radical (unpaired) electrons. The summed E-state index contributed by atoms with van der Waals surface area (Å²) in [4.78, 5) is 26.2. The summed E-state index contributed by atoms with van der Waals surface area (Å²) >= 11 is 0. The number of rotatable bonds is 5. The zero-order valence-corrected chi connectivity index (χ0v) is 14.1. The second-order valence-corrected chi connectivity index (χ2v) is 6.55. The summed E-state index contributed by atoms with van der Waals surface area (Å²) in [5.74, 6) is 0.845. The Morgan fingerprint density at radius 2 is 1.96 bits per heavy atom. The molecule has 2 N–H and O–H groups in total. The lowest BCUT2D eigenvalue weighted by Crippen LogP contribution is -2.47. The van der Waals surface area contributed by atoms with Gasteiger partial charge in [-0.15, -0.1) is 0 Å². The van der Waals surface area contributed by atoms with E-state index in [4.69, 9.17) is 4.74 Å². The van der Waals surface area contributed by atoms with Crippen LogP contribution < -0.4 is 15.4 Å². The lowest BCUT2D eigenvalue weighted by molar-refractivity contribution is -0.126. The van der Waals surface area contributed by atoms with E-state index in [0.29, 0.717) is 25.7 Å². The average Bonchev–Trinajstić information content (AvgIpc) is 3.44. The molecule has 6 nitrogen and oxygen atoms in total. The smallest absolute Gasteiger partial charge is 0.317 e. The third-order valence-electron chi connectivity index (χ3n) is 4.66. The Morgan fingerprint density at radius 1 is 1.21 bits per heavy atom. The minimum Gasteiger partial charge on any atom is -0.497 e. The zero-order chi connectivity index (χ0) is 16.9. The van der Waals surface area contributed by atoms with Crippen molar-refractivity contribution in [2.24, 2.45) is 5.92 Å². The van der Waals surface area contributed by atoms with Crippen LogP contribution in [0.3, 0.4) is 0 Å². The van der Waals surface area contributed by atoms with E-state index in [0.717, 1.165) is 37.0 Å². The van der Waals surface area contributed by atoms with E-state index in [1.54, 1.807) is 7.11 Å². The van der Waals surface area contributed by atoms with E-state index < -0.39 is 0 Å². The fourth-order valence-electron chi connectivity index (χ4n) is 2.95. The van der Waals surface area contributed by atoms with Gasteiger partial charge in [-0.3, -0.25) is 4.79 Å². The number of ether oxygens (including phenoxy) is 1. The molecule has 1 aromatic rings. The molecule has 1 aromatic carbocycles. The Balaban J connectivity index is 1.42. The number of nitrogens with one attached hydrogen (secondary N) is 2. The molecule has 0 unspecified atom stereocenters. The fourth-order valence-corrected chi connectivity index (χ4v) is 2.95. The number of hydrogen-bond acceptors (Lipinski definition) is 3. The highest BCUT2D eigenvalue weighted by Gasteiger charge is 2.30. The predicted octanol–water partition coefficient (Wildman–Crippen LogP) is 1.90. The van der Waals surface area contributed by atoms with E-state index >= 15 is 0 Å². The Kier molecular flexibility index (Phi) is 5.23. The Labute approximate surface area is 142 Å². The Morgan fingerprint density at radius 3 is 2.62 bits per heavy atom. The zero-order valence-electron chi connectivity index (χ0n) is 14.1. The van der Waals surface area contributed by atoms with Gasteiger partial charge in [-0.25, -0.2) is 4.79 Å². The van der Waals surface area contributed by atoms with Gasteiger partial charge in [-0.05, 0) is 43.4 Å². The molecule has 1 aliphatic heterocycles. The highest BCUT2D eigenvalue weighted by molar-refractivity contribution is 5.79. The van der Waals surface area contributed by atoms with Gasteiger partial charge in [0.25, 0.3) is 0 Å². The summed E-state index contributed by atoms with van der Waals surface area (Å²) in [5.41, 5.74) is 1.02. The van der Waals surface area contributed by atoms with Gasteiger partial charge >= 0.3 is 6.03 Å². The highest BCUT2D eigenvalue weighted by Crippen LogP contribution is 2.21. The van der Waals surface area contributed by atoms with E-state index in [9.17, 15) is 9.59 Å². The van der Waals surface area contributed by atoms with Crippen LogP contribution in [0.1, 0.15) is 31.2 Å². The number of urea groups is 1. The first-order valence-corrected chi connectivity index (χ1v) is 8.62. The van der Waals surface area contributed by atoms with Crippen molar-refractivity contribution >= 4 is 11.9 Å². The molecule has 130 valence electrons. The topological polar surface area (TPSA) is 70.7 Å². The third-order valence-corrected chi connectivity index (χ3v) is 4.66. The summed E-state index contributed by atoms with van der Waals surface area (Å²) < 4.78 is 5.19. The molecular weight excluding hydrogens is 306 g/mol. The number of likely N-dealkylation sites (tertiary alicyclic amines) is 1. The standard InChI is InChI=1S/C18H25N3O3/c1-24-16-4-2-3-13(11-16)12-19-17(22)14-7-9-21(10-8-14)18(23)20-15-5-6-15/h2-4,11,14-15H,5-10,12H2,1H3,(H,19,22)(H,20,23). The summed E-state index contributed by atoms with van der Waals surface area (Å²) in [6, 6.07) is 8.08. The first kappa shape index (κ1) is 16.6. The van der Waals surface area contributed by atoms with Crippen LogP contribution in [0.5, 0.6) is 5.75 Å². The summed E-state index contributed by atoms with van der Waals surface area (Å²) in [5, 5.41) is 5.99. The quantitative estimate of drug-likeness (QED) is 0.866. The molecular formula is C18H25N3O3. The maximum Gasteiger partial charge on any atom is 0.317 e. The fraction of sp³-hybridized carbons (Fsp3) is 0.556. The number of carbonyl (C=O) groups excluding carboxylic acids is 2. The molecule has 1 saturated heterocycles. The molecule has 2 aliphatic rings. The number of hydrogen-bond donors (Lipinski definition) is 2. The number of carbonyl (C=O) groups is 2. The van der Waals surface area contributed by atoms with Crippen molar-refractivity contribution in [2.45, 2.75) is 38.3 Å². The molecule has 3 rings (SSSR count). The predicted molar refractivity (Wildman–Crippen MR) is 90.7 cm³/mol. The number of piperidine rings is 1. The molecule has 24 heavy (non-hydrogen) atoms. The van der Waals surface area contributed by atoms with Gasteiger partial charge in [0, 0.05) is 31.6 Å².